The second kappa shape index (κ2) is 6.33. The van der Waals surface area contributed by atoms with E-state index < -0.39 is 0 Å². The van der Waals surface area contributed by atoms with E-state index in [0.29, 0.717) is 0 Å². The van der Waals surface area contributed by atoms with Crippen LogP contribution < -0.4 is 9.47 Å². The number of H-pyrrole nitrogens is 2. The number of methoxy groups -OCH3 is 2. The van der Waals surface area contributed by atoms with Crippen LogP contribution in [0.1, 0.15) is 0 Å². The topological polar surface area (TPSA) is 50.0 Å². The molecule has 0 atom stereocenters. The van der Waals surface area contributed by atoms with E-state index in [1.807, 2.05) is 42.7 Å². The Kier molecular flexibility index (Phi) is 4.01. The molecule has 0 fully saturated rings. The average Bonchev–Trinajstić information content (AvgIpc) is 3.31. The van der Waals surface area contributed by atoms with Gasteiger partial charge in [0.2, 0.25) is 0 Å². The van der Waals surface area contributed by atoms with Crippen LogP contribution in [0.2, 0.25) is 0 Å². The molecule has 0 spiro atoms. The molecule has 2 aromatic heterocycles. The first-order valence-corrected chi connectivity index (χ1v) is 8.68. The maximum atomic E-state index is 5.67. The summed E-state index contributed by atoms with van der Waals surface area (Å²) in [5.41, 5.74) is 5.18. The Balaban J connectivity index is 2.05. The van der Waals surface area contributed by atoms with Gasteiger partial charge < -0.3 is 19.4 Å². The summed E-state index contributed by atoms with van der Waals surface area (Å²) in [5.74, 6) is 1.54. The van der Waals surface area contributed by atoms with Gasteiger partial charge in [0, 0.05) is 28.5 Å². The van der Waals surface area contributed by atoms with Crippen molar-refractivity contribution in [2.75, 3.05) is 14.2 Å². The Morgan fingerprint density at radius 2 is 1.68 bits per heavy atom. The van der Waals surface area contributed by atoms with E-state index in [1.165, 1.54) is 0 Å². The fourth-order valence-electron chi connectivity index (χ4n) is 3.20. The van der Waals surface area contributed by atoms with E-state index in [4.69, 9.17) is 9.47 Å². The molecule has 126 valence electrons. The minimum absolute atomic E-state index is 0.760. The molecule has 0 aliphatic carbocycles. The highest BCUT2D eigenvalue weighted by Crippen LogP contribution is 2.45. The Morgan fingerprint density at radius 3 is 2.32 bits per heavy atom. The highest BCUT2D eigenvalue weighted by Gasteiger charge is 2.20. The van der Waals surface area contributed by atoms with Crippen molar-refractivity contribution in [3.8, 4) is 33.9 Å². The molecule has 0 aliphatic heterocycles. The number of hydrogen-bond donors (Lipinski definition) is 2. The molecular formula is C20H17BrN2O2. The van der Waals surface area contributed by atoms with Gasteiger partial charge >= 0.3 is 0 Å². The molecule has 2 N–H and O–H groups in total. The Hall–Kier alpha value is -2.66. The molecule has 5 heteroatoms. The Labute approximate surface area is 153 Å². The maximum absolute atomic E-state index is 5.67. The van der Waals surface area contributed by atoms with E-state index in [0.717, 1.165) is 49.3 Å². The number of halogens is 1. The van der Waals surface area contributed by atoms with Crippen LogP contribution in [-0.2, 0) is 0 Å². The fraction of sp³-hybridized carbons (Fsp3) is 0.100. The van der Waals surface area contributed by atoms with Gasteiger partial charge in [0.15, 0.2) is 0 Å². The zero-order valence-electron chi connectivity index (χ0n) is 13.9. The van der Waals surface area contributed by atoms with Gasteiger partial charge in [0.25, 0.3) is 0 Å². The molecule has 0 amide bonds. The van der Waals surface area contributed by atoms with Crippen molar-refractivity contribution in [3.05, 3.63) is 59.3 Å². The van der Waals surface area contributed by atoms with Crippen LogP contribution in [0.4, 0.5) is 0 Å². The quantitative estimate of drug-likeness (QED) is 0.470. The normalized spacial score (nSPS) is 11.0. The van der Waals surface area contributed by atoms with Crippen molar-refractivity contribution < 1.29 is 9.47 Å². The third-order valence-corrected chi connectivity index (χ3v) is 4.88. The SMILES string of the molecule is COc1cc(OC)c2c(-c3ccc(Br)cc3)c[nH]c2c1-c1ccc[nH]1. The number of hydrogen-bond acceptors (Lipinski definition) is 2. The lowest BCUT2D eigenvalue weighted by molar-refractivity contribution is 0.399. The molecule has 2 aromatic carbocycles. The van der Waals surface area contributed by atoms with E-state index >= 15 is 0 Å². The second-order valence-electron chi connectivity index (χ2n) is 5.70. The van der Waals surface area contributed by atoms with Crippen molar-refractivity contribution >= 4 is 26.8 Å². The standard InChI is InChI=1S/C20H17BrN2O2/c1-24-16-10-17(25-2)19(15-4-3-9-22-15)20-18(16)14(11-23-20)12-5-7-13(21)8-6-12/h3-11,22-23H,1-2H3. The minimum atomic E-state index is 0.760. The highest BCUT2D eigenvalue weighted by molar-refractivity contribution is 9.10. The lowest BCUT2D eigenvalue weighted by Crippen LogP contribution is -1.93. The predicted octanol–water partition coefficient (Wildman–Crippen LogP) is 5.61. The number of ether oxygens (including phenoxy) is 2. The molecule has 25 heavy (non-hydrogen) atoms. The molecule has 4 nitrogen and oxygen atoms in total. The number of benzene rings is 2. The second-order valence-corrected chi connectivity index (χ2v) is 6.61. The van der Waals surface area contributed by atoms with Gasteiger partial charge in [0.1, 0.15) is 11.5 Å². The van der Waals surface area contributed by atoms with Crippen LogP contribution in [0.25, 0.3) is 33.3 Å². The van der Waals surface area contributed by atoms with Gasteiger partial charge in [-0.1, -0.05) is 28.1 Å². The molecule has 0 bridgehead atoms. The zero-order valence-corrected chi connectivity index (χ0v) is 15.5. The summed E-state index contributed by atoms with van der Waals surface area (Å²) in [5, 5.41) is 1.04. The number of nitrogens with one attached hydrogen (secondary N) is 2. The number of aromatic nitrogens is 2. The van der Waals surface area contributed by atoms with Crippen molar-refractivity contribution in [2.24, 2.45) is 0 Å². The van der Waals surface area contributed by atoms with Crippen molar-refractivity contribution in [3.63, 3.8) is 0 Å². The molecule has 0 saturated heterocycles. The van der Waals surface area contributed by atoms with Gasteiger partial charge in [-0.25, -0.2) is 0 Å². The average molecular weight is 397 g/mol. The van der Waals surface area contributed by atoms with Crippen LogP contribution in [-0.4, -0.2) is 24.2 Å². The van der Waals surface area contributed by atoms with E-state index in [1.54, 1.807) is 14.2 Å². The van der Waals surface area contributed by atoms with Crippen LogP contribution in [0, 0.1) is 0 Å². The lowest BCUT2D eigenvalue weighted by atomic mass is 10.00. The third-order valence-electron chi connectivity index (χ3n) is 4.35. The first kappa shape index (κ1) is 15.8. The van der Waals surface area contributed by atoms with Gasteiger partial charge in [-0.2, -0.15) is 0 Å². The molecule has 0 unspecified atom stereocenters. The summed E-state index contributed by atoms with van der Waals surface area (Å²) in [4.78, 5) is 6.68. The largest absolute Gasteiger partial charge is 0.496 e. The molecule has 4 rings (SSSR count). The molecule has 2 heterocycles. The molecular weight excluding hydrogens is 380 g/mol. The van der Waals surface area contributed by atoms with Crippen LogP contribution in [0.15, 0.2) is 59.3 Å². The van der Waals surface area contributed by atoms with Crippen LogP contribution in [0.5, 0.6) is 11.5 Å². The Morgan fingerprint density at radius 1 is 0.920 bits per heavy atom. The van der Waals surface area contributed by atoms with Gasteiger partial charge in [-0.15, -0.1) is 0 Å². The summed E-state index contributed by atoms with van der Waals surface area (Å²) in [6, 6.07) is 14.2. The van der Waals surface area contributed by atoms with Gasteiger partial charge in [0.05, 0.1) is 36.4 Å². The van der Waals surface area contributed by atoms with E-state index in [-0.39, 0.29) is 0 Å². The monoisotopic (exact) mass is 396 g/mol. The summed E-state index contributed by atoms with van der Waals surface area (Å²) < 4.78 is 12.3. The van der Waals surface area contributed by atoms with Crippen molar-refractivity contribution in [1.82, 2.24) is 9.97 Å². The molecule has 4 aromatic rings. The lowest BCUT2D eigenvalue weighted by Gasteiger charge is -2.13. The number of rotatable bonds is 4. The molecule has 0 radical (unpaired) electrons. The summed E-state index contributed by atoms with van der Waals surface area (Å²) in [6.45, 7) is 0. The maximum Gasteiger partial charge on any atom is 0.134 e. The van der Waals surface area contributed by atoms with E-state index in [9.17, 15) is 0 Å². The van der Waals surface area contributed by atoms with Gasteiger partial charge in [-0.3, -0.25) is 0 Å². The van der Waals surface area contributed by atoms with E-state index in [2.05, 4.69) is 38.0 Å². The Bertz CT molecular complexity index is 1020. The van der Waals surface area contributed by atoms with Crippen LogP contribution >= 0.6 is 15.9 Å². The predicted molar refractivity (Wildman–Crippen MR) is 104 cm³/mol. The van der Waals surface area contributed by atoms with Crippen LogP contribution in [0.3, 0.4) is 0 Å². The summed E-state index contributed by atoms with van der Waals surface area (Å²) in [6.07, 6.45) is 3.92. The van der Waals surface area contributed by atoms with Crippen molar-refractivity contribution in [1.29, 1.82) is 0 Å². The molecule has 0 saturated carbocycles. The minimum Gasteiger partial charge on any atom is -0.496 e. The first-order valence-electron chi connectivity index (χ1n) is 7.88. The third kappa shape index (κ3) is 2.61. The first-order chi connectivity index (χ1) is 12.2. The molecule has 0 aliphatic rings. The smallest absolute Gasteiger partial charge is 0.134 e. The summed E-state index contributed by atoms with van der Waals surface area (Å²) in [7, 11) is 3.35. The summed E-state index contributed by atoms with van der Waals surface area (Å²) >= 11 is 3.49. The van der Waals surface area contributed by atoms with Crippen molar-refractivity contribution in [2.45, 2.75) is 0 Å². The number of fused-ring (bicyclic) bond motifs is 1. The zero-order chi connectivity index (χ0) is 17.4. The highest BCUT2D eigenvalue weighted by atomic mass is 79.9. The van der Waals surface area contributed by atoms with Gasteiger partial charge in [-0.05, 0) is 29.8 Å². The fourth-order valence-corrected chi connectivity index (χ4v) is 3.46. The number of aromatic amines is 2.